The van der Waals surface area contributed by atoms with E-state index in [-0.39, 0.29) is 9.76 Å². The van der Waals surface area contributed by atoms with Crippen molar-refractivity contribution in [3.05, 3.63) is 12.7 Å². The van der Waals surface area contributed by atoms with Crippen LogP contribution in [0.15, 0.2) is 12.7 Å². The summed E-state index contributed by atoms with van der Waals surface area (Å²) in [6.45, 7) is 11.8. The maximum atomic E-state index is 9.25. The van der Waals surface area contributed by atoms with Gasteiger partial charge in [0.05, 0.1) is 0 Å². The molecule has 0 bridgehead atoms. The summed E-state index contributed by atoms with van der Waals surface area (Å²) in [5.74, 6) is -0.981. The Bertz CT molecular complexity index is 140. The summed E-state index contributed by atoms with van der Waals surface area (Å²) in [4.78, 5) is 9.25. The average molecular weight is 206 g/mol. The highest BCUT2D eigenvalue weighted by molar-refractivity contribution is 6.73. The van der Waals surface area contributed by atoms with E-state index in [1.54, 1.807) is 0 Å². The van der Waals surface area contributed by atoms with Crippen LogP contribution in [0.2, 0.25) is 26.2 Å². The number of aliphatic carboxylic acids is 1. The minimum atomic E-state index is -1.10. The Kier molecular flexibility index (Phi) is 8.56. The highest BCUT2D eigenvalue weighted by atomic mass is 28.4. The molecule has 0 saturated heterocycles. The highest BCUT2D eigenvalue weighted by Gasteiger charge is 2.10. The van der Waals surface area contributed by atoms with Gasteiger partial charge in [0.25, 0.3) is 0 Å². The van der Waals surface area contributed by atoms with Gasteiger partial charge in [-0.05, 0) is 19.6 Å². The fourth-order valence-electron chi connectivity index (χ4n) is 0.433. The number of hydrogen-bond acceptors (Lipinski definition) is 2. The van der Waals surface area contributed by atoms with Crippen LogP contribution in [-0.4, -0.2) is 29.2 Å². The molecule has 0 saturated carbocycles. The molecule has 0 unspecified atom stereocenters. The van der Waals surface area contributed by atoms with E-state index < -0.39 is 14.3 Å². The Labute approximate surface area is 77.5 Å². The summed E-state index contributed by atoms with van der Waals surface area (Å²) in [7, 11) is -1.22. The molecule has 0 fully saturated rings. The van der Waals surface area contributed by atoms with Crippen LogP contribution in [0.25, 0.3) is 0 Å². The molecule has 0 spiro atoms. The van der Waals surface area contributed by atoms with Crippen LogP contribution in [0.5, 0.6) is 0 Å². The van der Waals surface area contributed by atoms with Crippen LogP contribution in [0.1, 0.15) is 0 Å². The van der Waals surface area contributed by atoms with Crippen molar-refractivity contribution in [1.29, 1.82) is 0 Å². The van der Waals surface area contributed by atoms with Crippen LogP contribution in [-0.2, 0) is 8.91 Å². The van der Waals surface area contributed by atoms with Gasteiger partial charge in [-0.2, -0.15) is 0 Å². The van der Waals surface area contributed by atoms with Crippen molar-refractivity contribution < 1.29 is 14.0 Å². The molecule has 0 aliphatic rings. The van der Waals surface area contributed by atoms with Gasteiger partial charge in [-0.25, -0.2) is 4.79 Å². The van der Waals surface area contributed by atoms with Gasteiger partial charge in [0.1, 0.15) is 9.76 Å². The molecule has 0 atom stereocenters. The smallest absolute Gasteiger partial charge is 0.327 e. The lowest BCUT2D eigenvalue weighted by Crippen LogP contribution is -2.26. The van der Waals surface area contributed by atoms with Crippen molar-refractivity contribution in [3.8, 4) is 0 Å². The second-order valence-electron chi connectivity index (χ2n) is 3.09. The normalized spacial score (nSPS) is 10.7. The lowest BCUT2D eigenvalue weighted by Gasteiger charge is -2.14. The Morgan fingerprint density at radius 1 is 1.58 bits per heavy atom. The Morgan fingerprint density at radius 2 is 1.92 bits per heavy atom. The van der Waals surface area contributed by atoms with Crippen LogP contribution in [0.4, 0.5) is 0 Å². The monoisotopic (exact) mass is 206 g/mol. The topological polar surface area (TPSA) is 46.5 Å². The molecule has 0 heterocycles. The molecule has 1 N–H and O–H groups in total. The molecule has 0 amide bonds. The Morgan fingerprint density at radius 3 is 1.92 bits per heavy atom. The molecular formula is C7H18O3Si2. The van der Waals surface area contributed by atoms with E-state index in [9.17, 15) is 4.79 Å². The van der Waals surface area contributed by atoms with E-state index in [1.165, 1.54) is 0 Å². The average Bonchev–Trinajstić information content (AvgIpc) is 1.86. The molecule has 5 heteroatoms. The van der Waals surface area contributed by atoms with Crippen molar-refractivity contribution in [3.63, 3.8) is 0 Å². The van der Waals surface area contributed by atoms with Crippen molar-refractivity contribution >= 4 is 24.0 Å². The van der Waals surface area contributed by atoms with E-state index in [0.29, 0.717) is 0 Å². The number of hydrogen-bond donors (Lipinski definition) is 1. The minimum absolute atomic E-state index is 0.128. The number of carboxylic acids is 1. The van der Waals surface area contributed by atoms with Crippen molar-refractivity contribution in [2.24, 2.45) is 0 Å². The third-order valence-corrected chi connectivity index (χ3v) is 5.37. The fourth-order valence-corrected chi connectivity index (χ4v) is 3.90. The first kappa shape index (κ1) is 14.1. The number of carboxylic acid groups (broad SMARTS) is 1. The van der Waals surface area contributed by atoms with E-state index >= 15 is 0 Å². The van der Waals surface area contributed by atoms with Gasteiger partial charge in [-0.3, -0.25) is 0 Å². The molecule has 0 aliphatic heterocycles. The summed E-state index contributed by atoms with van der Waals surface area (Å²) in [6, 6.07) is 0. The van der Waals surface area contributed by atoms with Crippen molar-refractivity contribution in [1.82, 2.24) is 0 Å². The second-order valence-corrected chi connectivity index (χ2v) is 9.04. The zero-order chi connectivity index (χ0) is 10.2. The van der Waals surface area contributed by atoms with Crippen molar-refractivity contribution in [2.75, 3.05) is 0 Å². The number of rotatable bonds is 3. The third kappa shape index (κ3) is 22.6. The Balaban J connectivity index is 0. The van der Waals surface area contributed by atoms with Crippen LogP contribution in [0, 0.1) is 0 Å². The van der Waals surface area contributed by atoms with Gasteiger partial charge >= 0.3 is 5.97 Å². The molecule has 0 rings (SSSR count). The van der Waals surface area contributed by atoms with Gasteiger partial charge in [0.2, 0.25) is 0 Å². The quantitative estimate of drug-likeness (QED) is 0.558. The summed E-state index contributed by atoms with van der Waals surface area (Å²) in [6.07, 6.45) is 0.833. The van der Waals surface area contributed by atoms with Gasteiger partial charge in [0.15, 0.2) is 8.32 Å². The first-order valence-electron chi connectivity index (χ1n) is 3.82. The molecule has 0 aliphatic carbocycles. The molecule has 72 valence electrons. The SMILES string of the molecule is C=CC(=O)O.C[SiH2]O[Si](C)(C)C. The molecule has 12 heavy (non-hydrogen) atoms. The van der Waals surface area contributed by atoms with Gasteiger partial charge in [-0.15, -0.1) is 0 Å². The predicted molar refractivity (Wildman–Crippen MR) is 56.7 cm³/mol. The lowest BCUT2D eigenvalue weighted by atomic mass is 10.7. The minimum Gasteiger partial charge on any atom is -0.478 e. The highest BCUT2D eigenvalue weighted by Crippen LogP contribution is 1.99. The molecule has 0 aromatic rings. The van der Waals surface area contributed by atoms with E-state index in [2.05, 4.69) is 32.8 Å². The van der Waals surface area contributed by atoms with Crippen molar-refractivity contribution in [2.45, 2.75) is 26.2 Å². The molecule has 0 aromatic carbocycles. The van der Waals surface area contributed by atoms with Gasteiger partial charge in [0, 0.05) is 6.08 Å². The van der Waals surface area contributed by atoms with Crippen LogP contribution >= 0.6 is 0 Å². The fraction of sp³-hybridized carbons (Fsp3) is 0.571. The standard InChI is InChI=1S/C4H14OSi2.C3H4O2/c1-6-5-7(2,3)4;1-2-3(4)5/h6H2,1-4H3;2H,1H2,(H,4,5). The van der Waals surface area contributed by atoms with Crippen LogP contribution in [0.3, 0.4) is 0 Å². The first-order valence-corrected chi connectivity index (χ1v) is 9.22. The summed E-state index contributed by atoms with van der Waals surface area (Å²) >= 11 is 0. The second kappa shape index (κ2) is 7.26. The van der Waals surface area contributed by atoms with Crippen LogP contribution < -0.4 is 0 Å². The summed E-state index contributed by atoms with van der Waals surface area (Å²) in [5.41, 5.74) is 0. The first-order chi connectivity index (χ1) is 5.33. The third-order valence-electron chi connectivity index (χ3n) is 0.752. The summed E-state index contributed by atoms with van der Waals surface area (Å²) in [5, 5.41) is 7.60. The maximum absolute atomic E-state index is 9.25. The molecule has 3 nitrogen and oxygen atoms in total. The maximum Gasteiger partial charge on any atom is 0.327 e. The zero-order valence-electron chi connectivity index (χ0n) is 8.26. The van der Waals surface area contributed by atoms with Gasteiger partial charge < -0.3 is 9.22 Å². The molecule has 0 radical (unpaired) electrons. The molecule has 0 aromatic heterocycles. The van der Waals surface area contributed by atoms with E-state index in [0.717, 1.165) is 6.08 Å². The van der Waals surface area contributed by atoms with E-state index in [1.807, 2.05) is 0 Å². The molecular weight excluding hydrogens is 188 g/mol. The van der Waals surface area contributed by atoms with Gasteiger partial charge in [-0.1, -0.05) is 13.1 Å². The predicted octanol–water partition coefficient (Wildman–Crippen LogP) is 1.23. The zero-order valence-corrected chi connectivity index (χ0v) is 10.7. The summed E-state index contributed by atoms with van der Waals surface area (Å²) < 4.78 is 5.51. The number of carbonyl (C=O) groups is 1. The van der Waals surface area contributed by atoms with E-state index in [4.69, 9.17) is 9.22 Å². The lowest BCUT2D eigenvalue weighted by molar-refractivity contribution is -0.131. The Hall–Kier alpha value is -0.396. The largest absolute Gasteiger partial charge is 0.478 e.